The lowest BCUT2D eigenvalue weighted by Crippen LogP contribution is -1.97. The predicted octanol–water partition coefficient (Wildman–Crippen LogP) is 4.66. The maximum atomic E-state index is 3.52. The van der Waals surface area contributed by atoms with Gasteiger partial charge in [-0.05, 0) is 62.1 Å². The number of nitrogens with one attached hydrogen (secondary N) is 1. The highest BCUT2D eigenvalue weighted by molar-refractivity contribution is 5.67. The van der Waals surface area contributed by atoms with Gasteiger partial charge in [0.2, 0.25) is 0 Å². The number of rotatable bonds is 2. The van der Waals surface area contributed by atoms with Crippen molar-refractivity contribution in [2.45, 2.75) is 27.7 Å². The molecule has 17 heavy (non-hydrogen) atoms. The molecule has 0 amide bonds. The van der Waals surface area contributed by atoms with E-state index in [1.54, 1.807) is 0 Å². The van der Waals surface area contributed by atoms with Gasteiger partial charge in [0.25, 0.3) is 0 Å². The van der Waals surface area contributed by atoms with Crippen molar-refractivity contribution in [2.24, 2.45) is 0 Å². The minimum Gasteiger partial charge on any atom is -0.355 e. The molecule has 0 atom stereocenters. The van der Waals surface area contributed by atoms with Crippen LogP contribution in [-0.4, -0.2) is 0 Å². The summed E-state index contributed by atoms with van der Waals surface area (Å²) in [6.45, 7) is 8.60. The Hall–Kier alpha value is -1.76. The molecule has 0 unspecified atom stereocenters. The molecule has 2 aromatic carbocycles. The minimum absolute atomic E-state index is 1.19. The second-order valence-corrected chi connectivity index (χ2v) is 4.62. The van der Waals surface area contributed by atoms with Crippen molar-refractivity contribution >= 4 is 11.4 Å². The largest absolute Gasteiger partial charge is 0.355 e. The highest BCUT2D eigenvalue weighted by atomic mass is 14.9. The molecule has 0 bridgehead atoms. The van der Waals surface area contributed by atoms with Crippen LogP contribution in [0.25, 0.3) is 0 Å². The zero-order valence-corrected chi connectivity index (χ0v) is 11.0. The van der Waals surface area contributed by atoms with E-state index in [1.807, 2.05) is 0 Å². The average Bonchev–Trinajstić information content (AvgIpc) is 2.31. The second kappa shape index (κ2) is 4.62. The van der Waals surface area contributed by atoms with Gasteiger partial charge >= 0.3 is 0 Å². The van der Waals surface area contributed by atoms with Crippen molar-refractivity contribution in [3.8, 4) is 0 Å². The monoisotopic (exact) mass is 225 g/mol. The zero-order chi connectivity index (χ0) is 12.4. The first-order chi connectivity index (χ1) is 8.09. The van der Waals surface area contributed by atoms with Crippen molar-refractivity contribution in [3.05, 3.63) is 58.7 Å². The van der Waals surface area contributed by atoms with E-state index in [9.17, 15) is 0 Å². The van der Waals surface area contributed by atoms with Crippen LogP contribution in [0.4, 0.5) is 11.4 Å². The first-order valence-electron chi connectivity index (χ1n) is 5.99. The van der Waals surface area contributed by atoms with Crippen LogP contribution in [0.3, 0.4) is 0 Å². The normalized spacial score (nSPS) is 10.4. The standard InChI is InChI=1S/C16H19N/c1-11-7-5-9-15(13(11)3)17-16-10-6-8-12(2)14(16)4/h5-10,17H,1-4H3. The molecule has 0 aromatic heterocycles. The second-order valence-electron chi connectivity index (χ2n) is 4.62. The van der Waals surface area contributed by atoms with E-state index in [-0.39, 0.29) is 0 Å². The van der Waals surface area contributed by atoms with Crippen molar-refractivity contribution in [2.75, 3.05) is 5.32 Å². The molecule has 0 heterocycles. The molecule has 88 valence electrons. The molecule has 0 aliphatic heterocycles. The van der Waals surface area contributed by atoms with Gasteiger partial charge in [-0.3, -0.25) is 0 Å². The summed E-state index contributed by atoms with van der Waals surface area (Å²) in [5.74, 6) is 0. The Morgan fingerprint density at radius 1 is 0.647 bits per heavy atom. The first kappa shape index (κ1) is 11.7. The Morgan fingerprint density at radius 2 is 1.06 bits per heavy atom. The molecule has 1 N–H and O–H groups in total. The maximum absolute atomic E-state index is 3.52. The first-order valence-corrected chi connectivity index (χ1v) is 5.99. The summed E-state index contributed by atoms with van der Waals surface area (Å²) < 4.78 is 0. The Labute approximate surface area is 103 Å². The van der Waals surface area contributed by atoms with Gasteiger partial charge in [-0.2, -0.15) is 0 Å². The van der Waals surface area contributed by atoms with Gasteiger partial charge in [0.15, 0.2) is 0 Å². The van der Waals surface area contributed by atoms with E-state index in [1.165, 1.54) is 33.6 Å². The SMILES string of the molecule is Cc1cccc(Nc2cccc(C)c2C)c1C. The minimum atomic E-state index is 1.19. The van der Waals surface area contributed by atoms with Crippen LogP contribution in [-0.2, 0) is 0 Å². The third kappa shape index (κ3) is 2.33. The van der Waals surface area contributed by atoms with Crippen LogP contribution in [0.15, 0.2) is 36.4 Å². The van der Waals surface area contributed by atoms with E-state index in [0.29, 0.717) is 0 Å². The van der Waals surface area contributed by atoms with Gasteiger partial charge in [0, 0.05) is 11.4 Å². The molecule has 1 nitrogen and oxygen atoms in total. The summed E-state index contributed by atoms with van der Waals surface area (Å²) in [7, 11) is 0. The van der Waals surface area contributed by atoms with Gasteiger partial charge in [0.05, 0.1) is 0 Å². The van der Waals surface area contributed by atoms with Crippen molar-refractivity contribution < 1.29 is 0 Å². The molecule has 0 radical (unpaired) electrons. The number of anilines is 2. The highest BCUT2D eigenvalue weighted by Gasteiger charge is 2.04. The van der Waals surface area contributed by atoms with E-state index < -0.39 is 0 Å². The Bertz CT molecular complexity index is 492. The molecular formula is C16H19N. The number of aryl methyl sites for hydroxylation is 2. The summed E-state index contributed by atoms with van der Waals surface area (Å²) in [4.78, 5) is 0. The van der Waals surface area contributed by atoms with Crippen LogP contribution in [0.1, 0.15) is 22.3 Å². The molecular weight excluding hydrogens is 206 g/mol. The van der Waals surface area contributed by atoms with Crippen LogP contribution in [0.2, 0.25) is 0 Å². The molecule has 1 heteroatoms. The lowest BCUT2D eigenvalue weighted by atomic mass is 10.1. The summed E-state index contributed by atoms with van der Waals surface area (Å²) in [5.41, 5.74) is 7.65. The third-order valence-electron chi connectivity index (χ3n) is 3.48. The van der Waals surface area contributed by atoms with Crippen molar-refractivity contribution in [1.82, 2.24) is 0 Å². The van der Waals surface area contributed by atoms with Crippen LogP contribution < -0.4 is 5.32 Å². The van der Waals surface area contributed by atoms with E-state index in [4.69, 9.17) is 0 Å². The molecule has 0 aliphatic carbocycles. The summed E-state index contributed by atoms with van der Waals surface area (Å²) >= 11 is 0. The van der Waals surface area contributed by atoms with Gasteiger partial charge in [-0.15, -0.1) is 0 Å². The lowest BCUT2D eigenvalue weighted by molar-refractivity contribution is 1.30. The van der Waals surface area contributed by atoms with E-state index in [0.717, 1.165) is 0 Å². The molecule has 0 aliphatic rings. The van der Waals surface area contributed by atoms with E-state index >= 15 is 0 Å². The van der Waals surface area contributed by atoms with Gasteiger partial charge in [0.1, 0.15) is 0 Å². The average molecular weight is 225 g/mol. The van der Waals surface area contributed by atoms with Crippen LogP contribution in [0, 0.1) is 27.7 Å². The maximum Gasteiger partial charge on any atom is 0.0416 e. The summed E-state index contributed by atoms with van der Waals surface area (Å²) in [6.07, 6.45) is 0. The van der Waals surface area contributed by atoms with Crippen molar-refractivity contribution in [3.63, 3.8) is 0 Å². The number of hydrogen-bond acceptors (Lipinski definition) is 1. The van der Waals surface area contributed by atoms with Gasteiger partial charge < -0.3 is 5.32 Å². The topological polar surface area (TPSA) is 12.0 Å². The quantitative estimate of drug-likeness (QED) is 0.783. The Kier molecular flexibility index (Phi) is 3.19. The molecule has 2 aromatic rings. The molecule has 2 rings (SSSR count). The lowest BCUT2D eigenvalue weighted by Gasteiger charge is -2.14. The zero-order valence-electron chi connectivity index (χ0n) is 11.0. The number of hydrogen-bond donors (Lipinski definition) is 1. The van der Waals surface area contributed by atoms with Crippen molar-refractivity contribution in [1.29, 1.82) is 0 Å². The summed E-state index contributed by atoms with van der Waals surface area (Å²) in [6, 6.07) is 12.7. The number of benzene rings is 2. The fourth-order valence-electron chi connectivity index (χ4n) is 1.92. The van der Waals surface area contributed by atoms with Gasteiger partial charge in [-0.1, -0.05) is 24.3 Å². The molecule has 0 spiro atoms. The molecule has 0 saturated carbocycles. The smallest absolute Gasteiger partial charge is 0.0416 e. The highest BCUT2D eigenvalue weighted by Crippen LogP contribution is 2.26. The molecule has 0 fully saturated rings. The Balaban J connectivity index is 2.38. The molecule has 0 saturated heterocycles. The van der Waals surface area contributed by atoms with E-state index in [2.05, 4.69) is 69.4 Å². The summed E-state index contributed by atoms with van der Waals surface area (Å²) in [5, 5.41) is 3.52. The van der Waals surface area contributed by atoms with Crippen LogP contribution in [0.5, 0.6) is 0 Å². The predicted molar refractivity (Wildman–Crippen MR) is 75.1 cm³/mol. The van der Waals surface area contributed by atoms with Gasteiger partial charge in [-0.25, -0.2) is 0 Å². The Morgan fingerprint density at radius 3 is 1.47 bits per heavy atom. The third-order valence-corrected chi connectivity index (χ3v) is 3.48. The fraction of sp³-hybridized carbons (Fsp3) is 0.250. The van der Waals surface area contributed by atoms with Crippen LogP contribution >= 0.6 is 0 Å². The fourth-order valence-corrected chi connectivity index (χ4v) is 1.92.